The molecule has 0 aliphatic heterocycles. The van der Waals surface area contributed by atoms with Gasteiger partial charge in [-0.2, -0.15) is 0 Å². The van der Waals surface area contributed by atoms with E-state index in [2.05, 4.69) is 20.1 Å². The summed E-state index contributed by atoms with van der Waals surface area (Å²) >= 11 is 0. The second-order valence-corrected chi connectivity index (χ2v) is 15.0. The van der Waals surface area contributed by atoms with Crippen LogP contribution in [0.2, 0.25) is 0 Å². The van der Waals surface area contributed by atoms with Crippen LogP contribution in [0.3, 0.4) is 0 Å². The number of aromatic carboxylic acids is 1. The van der Waals surface area contributed by atoms with Crippen molar-refractivity contribution in [2.24, 2.45) is 0 Å². The predicted octanol–water partition coefficient (Wildman–Crippen LogP) is 7.03. The summed E-state index contributed by atoms with van der Waals surface area (Å²) in [5.41, 5.74) is 1.76. The molecule has 6 aromatic rings. The van der Waals surface area contributed by atoms with Crippen molar-refractivity contribution in [3.8, 4) is 0 Å². The number of ether oxygens (including phenoxy) is 1. The highest BCUT2D eigenvalue weighted by Crippen LogP contribution is 2.28. The Kier molecular flexibility index (Phi) is 9.56. The summed E-state index contributed by atoms with van der Waals surface area (Å²) in [7, 11) is -6.85. The van der Waals surface area contributed by atoms with E-state index in [0.717, 1.165) is 0 Å². The van der Waals surface area contributed by atoms with Gasteiger partial charge in [0.05, 0.1) is 33.7 Å². The molecule has 15 heteroatoms. The van der Waals surface area contributed by atoms with Crippen LogP contribution in [0.5, 0.6) is 0 Å². The van der Waals surface area contributed by atoms with E-state index in [1.807, 2.05) is 0 Å². The van der Waals surface area contributed by atoms with Crippen LogP contribution in [-0.2, 0) is 24.8 Å². The first-order chi connectivity index (χ1) is 24.7. The third kappa shape index (κ3) is 7.65. The zero-order valence-corrected chi connectivity index (χ0v) is 29.1. The number of nitrogens with one attached hydrogen (secondary N) is 4. The van der Waals surface area contributed by atoms with Crippen molar-refractivity contribution in [1.29, 1.82) is 0 Å². The number of carbonyl (C=O) groups excluding carboxylic acids is 2. The van der Waals surface area contributed by atoms with E-state index in [4.69, 9.17) is 4.74 Å². The number of hydrogen-bond acceptors (Lipinski definition) is 8. The molecule has 5 N–H and O–H groups in total. The number of benzene rings is 6. The lowest BCUT2D eigenvalue weighted by Crippen LogP contribution is -2.19. The number of sulfonamides is 2. The Hall–Kier alpha value is -6.45. The van der Waals surface area contributed by atoms with Gasteiger partial charge >= 0.3 is 18.0 Å². The number of urea groups is 1. The number of carboxylic acids is 1. The molecule has 0 aliphatic rings. The molecule has 0 radical (unpaired) electrons. The number of carbonyl (C=O) groups is 3. The number of rotatable bonds is 10. The van der Waals surface area contributed by atoms with E-state index in [1.165, 1.54) is 61.7 Å². The van der Waals surface area contributed by atoms with Gasteiger partial charge in [0, 0.05) is 17.1 Å². The maximum absolute atomic E-state index is 13.2. The number of carboxylic acid groups (broad SMARTS) is 1. The van der Waals surface area contributed by atoms with Gasteiger partial charge in [0.1, 0.15) is 0 Å². The van der Waals surface area contributed by atoms with E-state index >= 15 is 0 Å². The summed E-state index contributed by atoms with van der Waals surface area (Å²) in [4.78, 5) is 36.2. The summed E-state index contributed by atoms with van der Waals surface area (Å²) in [6.07, 6.45) is 0. The number of hydrogen-bond donors (Lipinski definition) is 5. The highest BCUT2D eigenvalue weighted by Gasteiger charge is 2.20. The van der Waals surface area contributed by atoms with Gasteiger partial charge < -0.3 is 20.5 Å². The molecule has 0 fully saturated rings. The van der Waals surface area contributed by atoms with Gasteiger partial charge in [-0.25, -0.2) is 31.2 Å². The summed E-state index contributed by atoms with van der Waals surface area (Å²) in [6, 6.07) is 28.7. The lowest BCUT2D eigenvalue weighted by molar-refractivity contribution is 0.0601. The molecular weight excluding hydrogens is 709 g/mol. The fraction of sp³-hybridized carbons (Fsp3) is 0.0541. The van der Waals surface area contributed by atoms with E-state index in [-0.39, 0.29) is 32.3 Å². The first-order valence-electron chi connectivity index (χ1n) is 15.4. The van der Waals surface area contributed by atoms with Crippen molar-refractivity contribution < 1.29 is 41.1 Å². The number of fused-ring (bicyclic) bond motifs is 2. The minimum Gasteiger partial charge on any atom is -0.478 e. The Morgan fingerprint density at radius 3 is 1.62 bits per heavy atom. The molecule has 0 heterocycles. The van der Waals surface area contributed by atoms with Crippen molar-refractivity contribution in [2.75, 3.05) is 27.2 Å². The maximum atomic E-state index is 13.2. The minimum absolute atomic E-state index is 0.000370. The number of methoxy groups -OCH3 is 1. The average molecular weight is 739 g/mol. The quantitative estimate of drug-likeness (QED) is 0.0916. The highest BCUT2D eigenvalue weighted by molar-refractivity contribution is 7.93. The van der Waals surface area contributed by atoms with E-state index < -0.39 is 38.0 Å². The third-order valence-corrected chi connectivity index (χ3v) is 10.8. The van der Waals surface area contributed by atoms with Crippen LogP contribution in [0.1, 0.15) is 26.3 Å². The van der Waals surface area contributed by atoms with Gasteiger partial charge in [0.2, 0.25) is 0 Å². The summed E-state index contributed by atoms with van der Waals surface area (Å²) in [5.74, 6) is -1.79. The summed E-state index contributed by atoms with van der Waals surface area (Å²) in [5, 5.41) is 17.2. The fourth-order valence-electron chi connectivity index (χ4n) is 5.48. The van der Waals surface area contributed by atoms with Crippen LogP contribution < -0.4 is 20.1 Å². The number of esters is 1. The van der Waals surface area contributed by atoms with Crippen molar-refractivity contribution in [3.63, 3.8) is 0 Å². The van der Waals surface area contributed by atoms with E-state index in [9.17, 15) is 36.3 Å². The molecular formula is C37H30N4O9S2. The molecule has 0 saturated carbocycles. The molecule has 6 aromatic carbocycles. The molecule has 0 spiro atoms. The molecule has 264 valence electrons. The van der Waals surface area contributed by atoms with Crippen molar-refractivity contribution in [2.45, 2.75) is 16.7 Å². The van der Waals surface area contributed by atoms with Gasteiger partial charge in [-0.15, -0.1) is 0 Å². The first kappa shape index (κ1) is 35.4. The summed E-state index contributed by atoms with van der Waals surface area (Å²) in [6.45, 7) is 1.58. The van der Waals surface area contributed by atoms with Crippen molar-refractivity contribution in [1.82, 2.24) is 0 Å². The van der Waals surface area contributed by atoms with Crippen LogP contribution in [0.15, 0.2) is 125 Å². The molecule has 0 unspecified atom stereocenters. The lowest BCUT2D eigenvalue weighted by atomic mass is 10.1. The molecule has 0 aromatic heterocycles. The van der Waals surface area contributed by atoms with Crippen molar-refractivity contribution in [3.05, 3.63) is 132 Å². The Balaban J connectivity index is 1.12. The molecule has 0 saturated heterocycles. The molecule has 6 rings (SSSR count). The Morgan fingerprint density at radius 1 is 0.577 bits per heavy atom. The molecule has 52 heavy (non-hydrogen) atoms. The Morgan fingerprint density at radius 2 is 1.08 bits per heavy atom. The second kappa shape index (κ2) is 14.0. The van der Waals surface area contributed by atoms with Crippen LogP contribution in [0, 0.1) is 6.92 Å². The smallest absolute Gasteiger partial charge is 0.339 e. The van der Waals surface area contributed by atoms with Crippen LogP contribution in [0.4, 0.5) is 27.5 Å². The monoisotopic (exact) mass is 738 g/mol. The van der Waals surface area contributed by atoms with Gasteiger partial charge in [0.25, 0.3) is 20.0 Å². The largest absolute Gasteiger partial charge is 0.478 e. The highest BCUT2D eigenvalue weighted by atomic mass is 32.2. The van der Waals surface area contributed by atoms with Crippen LogP contribution >= 0.6 is 0 Å². The predicted molar refractivity (Wildman–Crippen MR) is 198 cm³/mol. The molecule has 0 bridgehead atoms. The van der Waals surface area contributed by atoms with Gasteiger partial charge in [-0.1, -0.05) is 36.4 Å². The average Bonchev–Trinajstić information content (AvgIpc) is 3.10. The first-order valence-corrected chi connectivity index (χ1v) is 18.4. The topological polar surface area (TPSA) is 197 Å². The molecule has 2 amide bonds. The number of amides is 2. The van der Waals surface area contributed by atoms with E-state index in [0.29, 0.717) is 38.5 Å². The summed E-state index contributed by atoms with van der Waals surface area (Å²) < 4.78 is 62.1. The molecule has 13 nitrogen and oxygen atoms in total. The van der Waals surface area contributed by atoms with Gasteiger partial charge in [-0.3, -0.25) is 9.44 Å². The zero-order chi connectivity index (χ0) is 37.2. The lowest BCUT2D eigenvalue weighted by Gasteiger charge is -2.13. The maximum Gasteiger partial charge on any atom is 0.339 e. The standard InChI is InChI=1S/C37H30N4O9S2/c1-22-17-29(13-16-32(22)35(42)43)40-51(46,47)30-14-9-23-18-27(11-7-25(23)20-30)38-37(45)39-28-12-8-26-21-31(15-10-24(26)19-28)52(48,49)41-34-6-4-3-5-33(34)36(44)50-2/h3-21,40-41H,1-2H3,(H,42,43)(H2,38,39,45). The fourth-order valence-corrected chi connectivity index (χ4v) is 7.67. The number of aryl methyl sites for hydroxylation is 1. The molecule has 0 atom stereocenters. The van der Waals surface area contributed by atoms with E-state index in [1.54, 1.807) is 67.6 Å². The minimum atomic E-state index is -4.06. The Labute approximate surface area is 298 Å². The zero-order valence-electron chi connectivity index (χ0n) is 27.5. The van der Waals surface area contributed by atoms with Crippen LogP contribution in [-0.4, -0.2) is 47.0 Å². The molecule has 0 aliphatic carbocycles. The number of para-hydroxylation sites is 1. The normalized spacial score (nSPS) is 11.5. The SMILES string of the molecule is COC(=O)c1ccccc1NS(=O)(=O)c1ccc2cc(NC(=O)Nc3ccc4cc(S(=O)(=O)Nc5ccc(C(=O)O)c(C)c5)ccc4c3)ccc2c1. The van der Waals surface area contributed by atoms with Gasteiger partial charge in [-0.05, 0) is 113 Å². The number of anilines is 4. The Bertz CT molecular complexity index is 2640. The van der Waals surface area contributed by atoms with Crippen LogP contribution in [0.25, 0.3) is 21.5 Å². The van der Waals surface area contributed by atoms with Gasteiger partial charge in [0.15, 0.2) is 0 Å². The third-order valence-electron chi connectivity index (χ3n) is 8.05. The second-order valence-electron chi connectivity index (χ2n) is 11.6. The van der Waals surface area contributed by atoms with Crippen molar-refractivity contribution >= 4 is 82.3 Å².